The van der Waals surface area contributed by atoms with Crippen LogP contribution < -0.4 is 14.8 Å². The molecule has 2 aliphatic rings. The fourth-order valence-corrected chi connectivity index (χ4v) is 5.02. The lowest BCUT2D eigenvalue weighted by molar-refractivity contribution is 0.102. The average molecular weight is 405 g/mol. The van der Waals surface area contributed by atoms with Crippen molar-refractivity contribution in [2.45, 2.75) is 38.6 Å². The number of amides is 1. The van der Waals surface area contributed by atoms with E-state index in [0.717, 1.165) is 5.69 Å². The molecule has 28 heavy (non-hydrogen) atoms. The van der Waals surface area contributed by atoms with E-state index >= 15 is 0 Å². The molecule has 0 bridgehead atoms. The summed E-state index contributed by atoms with van der Waals surface area (Å²) in [7, 11) is -3.08. The molecule has 8 nitrogen and oxygen atoms in total. The molecule has 4 rings (SSSR count). The van der Waals surface area contributed by atoms with Crippen molar-refractivity contribution >= 4 is 21.6 Å². The standard InChI is InChI=1S/C19H23N3O5S/c1-19(2,3)16-9-17(22(21-16)13-6-7-28(24,25)10-13)20-18(23)12-4-5-14-15(8-12)27-11-26-14/h4-5,8-9,13H,6-7,10-11H2,1-3H3,(H,20,23)/t13-/m0/s1. The summed E-state index contributed by atoms with van der Waals surface area (Å²) in [6.45, 7) is 6.20. The molecule has 9 heteroatoms. The number of aromatic nitrogens is 2. The predicted octanol–water partition coefficient (Wildman–Crippen LogP) is 2.52. The number of fused-ring (bicyclic) bond motifs is 1. The number of carbonyl (C=O) groups is 1. The SMILES string of the molecule is CC(C)(C)c1cc(NC(=O)c2ccc3c(c2)OCO3)n([C@H]2CCS(=O)(=O)C2)n1. The highest BCUT2D eigenvalue weighted by Crippen LogP contribution is 2.34. The molecule has 0 spiro atoms. The minimum Gasteiger partial charge on any atom is -0.454 e. The van der Waals surface area contributed by atoms with Gasteiger partial charge in [-0.3, -0.25) is 4.79 Å². The maximum Gasteiger partial charge on any atom is 0.256 e. The number of anilines is 1. The number of hydrogen-bond acceptors (Lipinski definition) is 6. The van der Waals surface area contributed by atoms with Crippen LogP contribution in [0.4, 0.5) is 5.82 Å². The maximum atomic E-state index is 12.8. The lowest BCUT2D eigenvalue weighted by atomic mass is 9.92. The van der Waals surface area contributed by atoms with Crippen molar-refractivity contribution in [1.29, 1.82) is 0 Å². The van der Waals surface area contributed by atoms with Crippen molar-refractivity contribution in [2.75, 3.05) is 23.6 Å². The van der Waals surface area contributed by atoms with Gasteiger partial charge in [0.15, 0.2) is 21.3 Å². The molecule has 2 aliphatic heterocycles. The third-order valence-corrected chi connectivity index (χ3v) is 6.69. The van der Waals surface area contributed by atoms with Gasteiger partial charge in [0.2, 0.25) is 6.79 Å². The molecular formula is C19H23N3O5S. The van der Waals surface area contributed by atoms with Gasteiger partial charge in [-0.25, -0.2) is 13.1 Å². The van der Waals surface area contributed by atoms with Crippen molar-refractivity contribution in [3.8, 4) is 11.5 Å². The fraction of sp³-hybridized carbons (Fsp3) is 0.474. The number of benzene rings is 1. The minimum absolute atomic E-state index is 0.0329. The Bertz CT molecular complexity index is 1040. The summed E-state index contributed by atoms with van der Waals surface area (Å²) < 4.78 is 36.1. The molecule has 0 aliphatic carbocycles. The van der Waals surface area contributed by atoms with Gasteiger partial charge in [-0.2, -0.15) is 5.10 Å². The summed E-state index contributed by atoms with van der Waals surface area (Å²) in [6.07, 6.45) is 0.487. The maximum absolute atomic E-state index is 12.8. The van der Waals surface area contributed by atoms with Crippen LogP contribution in [0.5, 0.6) is 11.5 Å². The summed E-state index contributed by atoms with van der Waals surface area (Å²) in [5.41, 5.74) is 0.979. The Hall–Kier alpha value is -2.55. The number of nitrogens with one attached hydrogen (secondary N) is 1. The smallest absolute Gasteiger partial charge is 0.256 e. The first-order chi connectivity index (χ1) is 13.1. The van der Waals surface area contributed by atoms with Crippen LogP contribution in [0.15, 0.2) is 24.3 Å². The van der Waals surface area contributed by atoms with Crippen LogP contribution >= 0.6 is 0 Å². The molecule has 1 atom stereocenters. The second-order valence-corrected chi connectivity index (χ2v) is 10.4. The van der Waals surface area contributed by atoms with Crippen LogP contribution in [0.3, 0.4) is 0 Å². The monoisotopic (exact) mass is 405 g/mol. The minimum atomic E-state index is -3.08. The Labute approximate surface area is 163 Å². The summed E-state index contributed by atoms with van der Waals surface area (Å²) >= 11 is 0. The number of nitrogens with zero attached hydrogens (tertiary/aromatic N) is 2. The zero-order valence-corrected chi connectivity index (χ0v) is 16.9. The Morgan fingerprint density at radius 2 is 1.96 bits per heavy atom. The van der Waals surface area contributed by atoms with Gasteiger partial charge in [0.05, 0.1) is 23.2 Å². The second-order valence-electron chi connectivity index (χ2n) is 8.19. The highest BCUT2D eigenvalue weighted by molar-refractivity contribution is 7.91. The third-order valence-electron chi connectivity index (χ3n) is 4.93. The highest BCUT2D eigenvalue weighted by Gasteiger charge is 2.33. The van der Waals surface area contributed by atoms with Crippen LogP contribution in [0.1, 0.15) is 49.3 Å². The van der Waals surface area contributed by atoms with Gasteiger partial charge in [0, 0.05) is 17.0 Å². The van der Waals surface area contributed by atoms with E-state index in [1.807, 2.05) is 26.8 Å². The largest absolute Gasteiger partial charge is 0.454 e. The van der Waals surface area contributed by atoms with Crippen molar-refractivity contribution in [3.05, 3.63) is 35.5 Å². The number of carbonyl (C=O) groups excluding carboxylic acids is 1. The molecule has 1 aromatic carbocycles. The number of rotatable bonds is 3. The predicted molar refractivity (Wildman–Crippen MR) is 104 cm³/mol. The molecule has 1 amide bonds. The van der Waals surface area contributed by atoms with Crippen LogP contribution in [0.2, 0.25) is 0 Å². The van der Waals surface area contributed by atoms with Crippen LogP contribution in [0, 0.1) is 0 Å². The molecule has 0 radical (unpaired) electrons. The summed E-state index contributed by atoms with van der Waals surface area (Å²) in [4.78, 5) is 12.8. The molecule has 3 heterocycles. The highest BCUT2D eigenvalue weighted by atomic mass is 32.2. The Morgan fingerprint density at radius 3 is 2.64 bits per heavy atom. The first kappa shape index (κ1) is 18.8. The quantitative estimate of drug-likeness (QED) is 0.842. The molecule has 1 N–H and O–H groups in total. The van der Waals surface area contributed by atoms with Gasteiger partial charge in [0.1, 0.15) is 5.82 Å². The summed E-state index contributed by atoms with van der Waals surface area (Å²) in [5, 5.41) is 7.51. The molecule has 1 fully saturated rings. The molecular weight excluding hydrogens is 382 g/mol. The molecule has 150 valence electrons. The van der Waals surface area contributed by atoms with E-state index in [2.05, 4.69) is 10.4 Å². The van der Waals surface area contributed by atoms with Crippen molar-refractivity contribution in [2.24, 2.45) is 0 Å². The van der Waals surface area contributed by atoms with Gasteiger partial charge in [0.25, 0.3) is 5.91 Å². The van der Waals surface area contributed by atoms with Crippen molar-refractivity contribution < 1.29 is 22.7 Å². The number of sulfone groups is 1. The molecule has 1 saturated heterocycles. The van der Waals surface area contributed by atoms with Crippen LogP contribution in [-0.4, -0.2) is 42.4 Å². The Morgan fingerprint density at radius 1 is 1.21 bits per heavy atom. The van der Waals surface area contributed by atoms with Gasteiger partial charge in [-0.1, -0.05) is 20.8 Å². The van der Waals surface area contributed by atoms with Gasteiger partial charge < -0.3 is 14.8 Å². The van der Waals surface area contributed by atoms with E-state index in [4.69, 9.17) is 9.47 Å². The first-order valence-corrected chi connectivity index (χ1v) is 11.0. The zero-order valence-electron chi connectivity index (χ0n) is 16.1. The van der Waals surface area contributed by atoms with Gasteiger partial charge >= 0.3 is 0 Å². The van der Waals surface area contributed by atoms with E-state index in [1.54, 1.807) is 22.9 Å². The van der Waals surface area contributed by atoms with E-state index in [-0.39, 0.29) is 35.7 Å². The zero-order chi connectivity index (χ0) is 20.1. The Balaban J connectivity index is 1.64. The van der Waals surface area contributed by atoms with Crippen LogP contribution in [0.25, 0.3) is 0 Å². The second kappa shape index (κ2) is 6.51. The van der Waals surface area contributed by atoms with Crippen molar-refractivity contribution in [1.82, 2.24) is 9.78 Å². The van der Waals surface area contributed by atoms with E-state index < -0.39 is 9.84 Å². The lowest BCUT2D eigenvalue weighted by Crippen LogP contribution is -2.20. The number of ether oxygens (including phenoxy) is 2. The molecule has 0 unspecified atom stereocenters. The molecule has 2 aromatic rings. The van der Waals surface area contributed by atoms with E-state index in [9.17, 15) is 13.2 Å². The van der Waals surface area contributed by atoms with Crippen molar-refractivity contribution in [3.63, 3.8) is 0 Å². The molecule has 0 saturated carbocycles. The molecule has 1 aromatic heterocycles. The topological polar surface area (TPSA) is 99.5 Å². The Kier molecular flexibility index (Phi) is 4.37. The van der Waals surface area contributed by atoms with Gasteiger partial charge in [-0.05, 0) is 24.6 Å². The lowest BCUT2D eigenvalue weighted by Gasteiger charge is -2.15. The van der Waals surface area contributed by atoms with E-state index in [1.165, 1.54) is 0 Å². The third kappa shape index (κ3) is 3.58. The summed E-state index contributed by atoms with van der Waals surface area (Å²) in [5.74, 6) is 1.48. The normalized spacial score (nSPS) is 20.3. The average Bonchev–Trinajstić information content (AvgIpc) is 3.31. The fourth-order valence-electron chi connectivity index (χ4n) is 3.33. The first-order valence-electron chi connectivity index (χ1n) is 9.14. The van der Waals surface area contributed by atoms with Crippen LogP contribution in [-0.2, 0) is 15.3 Å². The number of hydrogen-bond donors (Lipinski definition) is 1. The van der Waals surface area contributed by atoms with E-state index in [0.29, 0.717) is 29.3 Å². The summed E-state index contributed by atoms with van der Waals surface area (Å²) in [6, 6.07) is 6.51. The van der Waals surface area contributed by atoms with Gasteiger partial charge in [-0.15, -0.1) is 0 Å².